The Balaban J connectivity index is 4.51. The van der Waals surface area contributed by atoms with Gasteiger partial charge in [-0.2, -0.15) is 0 Å². The Hall–Kier alpha value is -0.660. The van der Waals surface area contributed by atoms with E-state index in [0.29, 0.717) is 6.42 Å². The molecule has 0 amide bonds. The summed E-state index contributed by atoms with van der Waals surface area (Å²) in [5.41, 5.74) is 5.81. The Bertz CT molecular complexity index is 353. The van der Waals surface area contributed by atoms with Gasteiger partial charge in [0.25, 0.3) is 0 Å². The lowest BCUT2D eigenvalue weighted by Gasteiger charge is -2.22. The summed E-state index contributed by atoms with van der Waals surface area (Å²) in [6, 6.07) is -0.0900. The fraction of sp³-hybridized carbons (Fsp3) is 0.900. The monoisotopic (exact) mass is 266 g/mol. The average molecular weight is 266 g/mol. The average Bonchev–Trinajstić information content (AvgIpc) is 2.23. The van der Waals surface area contributed by atoms with Crippen LogP contribution in [-0.4, -0.2) is 48.7 Å². The van der Waals surface area contributed by atoms with Crippen molar-refractivity contribution < 1.29 is 18.3 Å². The third-order valence-corrected chi connectivity index (χ3v) is 5.01. The number of rotatable bonds is 7. The second kappa shape index (κ2) is 6.32. The minimum Gasteiger partial charge on any atom is -0.480 e. The number of nitrogens with zero attached hydrogens (tertiary/aromatic N) is 1. The van der Waals surface area contributed by atoms with Crippen LogP contribution in [0.25, 0.3) is 0 Å². The number of sulfonamides is 1. The Morgan fingerprint density at radius 2 is 1.82 bits per heavy atom. The molecule has 0 radical (unpaired) electrons. The summed E-state index contributed by atoms with van der Waals surface area (Å²) in [6.07, 6.45) is 0.514. The molecule has 0 aromatic rings. The number of nitrogens with two attached hydrogens (primary N) is 1. The van der Waals surface area contributed by atoms with Crippen molar-refractivity contribution in [3.8, 4) is 0 Å². The quantitative estimate of drug-likeness (QED) is 0.680. The molecule has 7 heteroatoms. The molecule has 2 atom stereocenters. The van der Waals surface area contributed by atoms with Gasteiger partial charge in [-0.15, -0.1) is 0 Å². The van der Waals surface area contributed by atoms with Crippen molar-refractivity contribution in [2.24, 2.45) is 11.7 Å². The first-order chi connectivity index (χ1) is 7.60. The largest absolute Gasteiger partial charge is 0.480 e. The van der Waals surface area contributed by atoms with E-state index in [4.69, 9.17) is 10.8 Å². The summed E-state index contributed by atoms with van der Waals surface area (Å²) in [7, 11) is -2.40. The number of aliphatic carboxylic acids is 1. The van der Waals surface area contributed by atoms with Crippen LogP contribution in [0.15, 0.2) is 0 Å². The molecule has 6 nitrogen and oxygen atoms in total. The minimum absolute atomic E-state index is 0.0900. The topological polar surface area (TPSA) is 101 Å². The maximum absolute atomic E-state index is 11.8. The second-order valence-electron chi connectivity index (χ2n) is 4.54. The van der Waals surface area contributed by atoms with E-state index in [1.807, 2.05) is 13.8 Å². The Kier molecular flexibility index (Phi) is 6.08. The van der Waals surface area contributed by atoms with Gasteiger partial charge in [0.1, 0.15) is 0 Å². The van der Waals surface area contributed by atoms with Gasteiger partial charge < -0.3 is 10.8 Å². The van der Waals surface area contributed by atoms with Crippen LogP contribution in [0, 0.1) is 5.92 Å². The van der Waals surface area contributed by atoms with E-state index in [1.54, 1.807) is 0 Å². The first-order valence-corrected chi connectivity index (χ1v) is 7.04. The minimum atomic E-state index is -3.78. The predicted octanol–water partition coefficient (Wildman–Crippen LogP) is 0.0945. The lowest BCUT2D eigenvalue weighted by atomic mass is 10.0. The molecule has 0 spiro atoms. The van der Waals surface area contributed by atoms with Crippen LogP contribution in [0.2, 0.25) is 0 Å². The molecule has 0 saturated carbocycles. The lowest BCUT2D eigenvalue weighted by molar-refractivity contribution is -0.136. The Morgan fingerprint density at radius 1 is 1.35 bits per heavy atom. The lowest BCUT2D eigenvalue weighted by Crippen LogP contribution is -2.41. The highest BCUT2D eigenvalue weighted by Crippen LogP contribution is 2.10. The van der Waals surface area contributed by atoms with Gasteiger partial charge in [0.05, 0.1) is 0 Å². The molecule has 0 fully saturated rings. The highest BCUT2D eigenvalue weighted by molar-refractivity contribution is 7.90. The van der Waals surface area contributed by atoms with Crippen molar-refractivity contribution >= 4 is 16.0 Å². The summed E-state index contributed by atoms with van der Waals surface area (Å²) in [5.74, 6) is -1.08. The molecule has 0 rings (SSSR count). The molecule has 0 saturated heterocycles. The molecule has 17 heavy (non-hydrogen) atoms. The van der Waals surface area contributed by atoms with Crippen LogP contribution in [0.5, 0.6) is 0 Å². The zero-order chi connectivity index (χ0) is 13.8. The van der Waals surface area contributed by atoms with Crippen LogP contribution in [-0.2, 0) is 14.8 Å². The Labute approximate surface area is 103 Å². The van der Waals surface area contributed by atoms with E-state index in [2.05, 4.69) is 0 Å². The normalized spacial score (nSPS) is 16.2. The van der Waals surface area contributed by atoms with E-state index in [-0.39, 0.29) is 18.5 Å². The van der Waals surface area contributed by atoms with Gasteiger partial charge in [0, 0.05) is 19.6 Å². The standard InChI is InChI=1S/C10H22N2O4S/c1-7(2)9(11)5-6-12(4)17(15,16)8(3)10(13)14/h7-9H,5-6,11H2,1-4H3,(H,13,14). The van der Waals surface area contributed by atoms with Crippen LogP contribution >= 0.6 is 0 Å². The molecule has 0 aromatic carbocycles. The van der Waals surface area contributed by atoms with Crippen LogP contribution in [0.3, 0.4) is 0 Å². The number of carbonyl (C=O) groups is 1. The fourth-order valence-electron chi connectivity index (χ4n) is 1.19. The fourth-order valence-corrected chi connectivity index (χ4v) is 2.34. The number of carboxylic acids is 1. The Morgan fingerprint density at radius 3 is 2.18 bits per heavy atom. The predicted molar refractivity (Wildman–Crippen MR) is 66.1 cm³/mol. The van der Waals surface area contributed by atoms with E-state index >= 15 is 0 Å². The van der Waals surface area contributed by atoms with Crippen LogP contribution < -0.4 is 5.73 Å². The van der Waals surface area contributed by atoms with E-state index in [9.17, 15) is 13.2 Å². The molecule has 0 bridgehead atoms. The van der Waals surface area contributed by atoms with Gasteiger partial charge in [-0.05, 0) is 19.3 Å². The van der Waals surface area contributed by atoms with Crippen molar-refractivity contribution in [3.05, 3.63) is 0 Å². The van der Waals surface area contributed by atoms with E-state index < -0.39 is 21.2 Å². The highest BCUT2D eigenvalue weighted by Gasteiger charge is 2.31. The molecule has 0 aliphatic carbocycles. The maximum Gasteiger partial charge on any atom is 0.323 e. The third kappa shape index (κ3) is 4.61. The van der Waals surface area contributed by atoms with Crippen LogP contribution in [0.4, 0.5) is 0 Å². The first-order valence-electron chi connectivity index (χ1n) is 5.54. The molecule has 0 heterocycles. The van der Waals surface area contributed by atoms with Gasteiger partial charge >= 0.3 is 5.97 Å². The van der Waals surface area contributed by atoms with E-state index in [1.165, 1.54) is 7.05 Å². The number of carboxylic acid groups (broad SMARTS) is 1. The smallest absolute Gasteiger partial charge is 0.323 e. The molecule has 0 aliphatic heterocycles. The van der Waals surface area contributed by atoms with Gasteiger partial charge in [0.15, 0.2) is 5.25 Å². The van der Waals surface area contributed by atoms with Crippen molar-refractivity contribution in [1.82, 2.24) is 4.31 Å². The number of hydrogen-bond acceptors (Lipinski definition) is 4. The van der Waals surface area contributed by atoms with Gasteiger partial charge in [0.2, 0.25) is 10.0 Å². The van der Waals surface area contributed by atoms with E-state index in [0.717, 1.165) is 11.2 Å². The van der Waals surface area contributed by atoms with Crippen LogP contribution in [0.1, 0.15) is 27.2 Å². The van der Waals surface area contributed by atoms with Crippen molar-refractivity contribution in [1.29, 1.82) is 0 Å². The van der Waals surface area contributed by atoms with Crippen molar-refractivity contribution in [3.63, 3.8) is 0 Å². The second-order valence-corrected chi connectivity index (χ2v) is 6.90. The van der Waals surface area contributed by atoms with Gasteiger partial charge in [-0.25, -0.2) is 12.7 Å². The summed E-state index contributed by atoms with van der Waals surface area (Å²) in [5, 5.41) is 7.27. The van der Waals surface area contributed by atoms with Gasteiger partial charge in [-0.1, -0.05) is 13.8 Å². The summed E-state index contributed by atoms with van der Waals surface area (Å²) < 4.78 is 24.6. The molecule has 0 aromatic heterocycles. The maximum atomic E-state index is 11.8. The SMILES string of the molecule is CC(C)C(N)CCN(C)S(=O)(=O)C(C)C(=O)O. The molecular formula is C10H22N2O4S. The molecular weight excluding hydrogens is 244 g/mol. The summed E-state index contributed by atoms with van der Waals surface area (Å²) >= 11 is 0. The van der Waals surface area contributed by atoms with Crippen molar-refractivity contribution in [2.45, 2.75) is 38.5 Å². The zero-order valence-electron chi connectivity index (χ0n) is 10.8. The molecule has 102 valence electrons. The third-order valence-electron chi connectivity index (χ3n) is 2.86. The summed E-state index contributed by atoms with van der Waals surface area (Å²) in [6.45, 7) is 5.31. The molecule has 2 unspecified atom stereocenters. The van der Waals surface area contributed by atoms with Gasteiger partial charge in [-0.3, -0.25) is 4.79 Å². The summed E-state index contributed by atoms with van der Waals surface area (Å²) in [4.78, 5) is 10.7. The highest BCUT2D eigenvalue weighted by atomic mass is 32.2. The molecule has 3 N–H and O–H groups in total. The molecule has 0 aliphatic rings. The first kappa shape index (κ1) is 16.3. The number of hydrogen-bond donors (Lipinski definition) is 2. The van der Waals surface area contributed by atoms with Crippen molar-refractivity contribution in [2.75, 3.05) is 13.6 Å². The zero-order valence-corrected chi connectivity index (χ0v) is 11.6.